The van der Waals surface area contributed by atoms with Crippen molar-refractivity contribution >= 4 is 0 Å². The molecular formula is C17H27. The summed E-state index contributed by atoms with van der Waals surface area (Å²) in [5.74, 6) is 0.875. The van der Waals surface area contributed by atoms with Crippen LogP contribution < -0.4 is 0 Å². The van der Waals surface area contributed by atoms with Gasteiger partial charge in [0.1, 0.15) is 0 Å². The van der Waals surface area contributed by atoms with Crippen LogP contribution in [0.4, 0.5) is 0 Å². The molecule has 17 heavy (non-hydrogen) atoms. The minimum absolute atomic E-state index is 0.875. The molecule has 0 fully saturated rings. The summed E-state index contributed by atoms with van der Waals surface area (Å²) in [6.07, 6.45) is 11.8. The second-order valence-electron chi connectivity index (χ2n) is 5.36. The summed E-state index contributed by atoms with van der Waals surface area (Å²) in [7, 11) is 0. The summed E-state index contributed by atoms with van der Waals surface area (Å²) in [4.78, 5) is 0. The molecule has 0 bridgehead atoms. The highest BCUT2D eigenvalue weighted by Crippen LogP contribution is 2.12. The van der Waals surface area contributed by atoms with E-state index in [0.29, 0.717) is 0 Å². The Morgan fingerprint density at radius 2 is 1.65 bits per heavy atom. The van der Waals surface area contributed by atoms with E-state index < -0.39 is 0 Å². The van der Waals surface area contributed by atoms with Gasteiger partial charge in [-0.25, -0.2) is 0 Å². The van der Waals surface area contributed by atoms with Gasteiger partial charge in [0.05, 0.1) is 0 Å². The molecule has 0 aliphatic rings. The highest BCUT2D eigenvalue weighted by atomic mass is 14.0. The van der Waals surface area contributed by atoms with Gasteiger partial charge in [-0.2, -0.15) is 0 Å². The zero-order chi connectivity index (χ0) is 12.3. The van der Waals surface area contributed by atoms with Gasteiger partial charge < -0.3 is 0 Å². The highest BCUT2D eigenvalue weighted by Gasteiger charge is 1.95. The van der Waals surface area contributed by atoms with E-state index >= 15 is 0 Å². The summed E-state index contributed by atoms with van der Waals surface area (Å²) < 4.78 is 0. The van der Waals surface area contributed by atoms with Crippen molar-refractivity contribution in [2.45, 2.75) is 58.8 Å². The molecule has 1 aromatic carbocycles. The predicted octanol–water partition coefficient (Wildman–Crippen LogP) is 5.43. The molecule has 0 saturated carbocycles. The Bertz CT molecular complexity index is 261. The molecule has 0 heterocycles. The summed E-state index contributed by atoms with van der Waals surface area (Å²) in [5.41, 5.74) is 1.44. The standard InChI is InChI=1S/C17H27/c1-16(2)12-8-5-3-4-6-9-13-17-14-10-7-11-15-17/h7,9-11,14-16H,3-6,8,12-13H2,1-2H3. The molecule has 0 aliphatic heterocycles. The van der Waals surface area contributed by atoms with Crippen LogP contribution in [-0.2, 0) is 6.42 Å². The van der Waals surface area contributed by atoms with Crippen molar-refractivity contribution in [1.82, 2.24) is 0 Å². The molecular weight excluding hydrogens is 204 g/mol. The second kappa shape index (κ2) is 9.27. The SMILES string of the molecule is CC(C)CCCCCC[CH]Cc1ccccc1. The number of rotatable bonds is 9. The van der Waals surface area contributed by atoms with Crippen LogP contribution >= 0.6 is 0 Å². The van der Waals surface area contributed by atoms with Gasteiger partial charge in [0.25, 0.3) is 0 Å². The second-order valence-corrected chi connectivity index (χ2v) is 5.36. The van der Waals surface area contributed by atoms with E-state index in [4.69, 9.17) is 0 Å². The summed E-state index contributed by atoms with van der Waals surface area (Å²) in [5, 5.41) is 0. The van der Waals surface area contributed by atoms with Gasteiger partial charge in [-0.15, -0.1) is 0 Å². The average molecular weight is 231 g/mol. The Hall–Kier alpha value is -0.780. The normalized spacial score (nSPS) is 11.0. The molecule has 95 valence electrons. The van der Waals surface area contributed by atoms with Crippen LogP contribution in [0.3, 0.4) is 0 Å². The largest absolute Gasteiger partial charge is 0.0628 e. The van der Waals surface area contributed by atoms with E-state index in [1.807, 2.05) is 0 Å². The van der Waals surface area contributed by atoms with Crippen molar-refractivity contribution in [1.29, 1.82) is 0 Å². The monoisotopic (exact) mass is 231 g/mol. The number of hydrogen-bond acceptors (Lipinski definition) is 0. The lowest BCUT2D eigenvalue weighted by Gasteiger charge is -2.04. The van der Waals surface area contributed by atoms with Crippen LogP contribution in [0.1, 0.15) is 57.9 Å². The summed E-state index contributed by atoms with van der Waals surface area (Å²) >= 11 is 0. The number of hydrogen-bond donors (Lipinski definition) is 0. The van der Waals surface area contributed by atoms with Crippen molar-refractivity contribution < 1.29 is 0 Å². The lowest BCUT2D eigenvalue weighted by atomic mass is 10.0. The van der Waals surface area contributed by atoms with Gasteiger partial charge in [-0.05, 0) is 30.7 Å². The Labute approximate surface area is 107 Å². The molecule has 0 heteroatoms. The molecule has 0 unspecified atom stereocenters. The zero-order valence-electron chi connectivity index (χ0n) is 11.5. The van der Waals surface area contributed by atoms with Crippen molar-refractivity contribution in [3.8, 4) is 0 Å². The molecule has 0 saturated heterocycles. The molecule has 0 spiro atoms. The van der Waals surface area contributed by atoms with Crippen LogP contribution in [0.25, 0.3) is 0 Å². The van der Waals surface area contributed by atoms with Gasteiger partial charge in [0.2, 0.25) is 0 Å². The van der Waals surface area contributed by atoms with Crippen LogP contribution in [0, 0.1) is 12.3 Å². The third-order valence-corrected chi connectivity index (χ3v) is 3.16. The smallest absolute Gasteiger partial charge is 0.0248 e. The van der Waals surface area contributed by atoms with E-state index in [2.05, 4.69) is 50.6 Å². The van der Waals surface area contributed by atoms with Crippen molar-refractivity contribution in [2.24, 2.45) is 5.92 Å². The molecule has 0 nitrogen and oxygen atoms in total. The number of benzene rings is 1. The van der Waals surface area contributed by atoms with E-state index in [0.717, 1.165) is 12.3 Å². The maximum atomic E-state index is 2.43. The van der Waals surface area contributed by atoms with Crippen molar-refractivity contribution in [3.63, 3.8) is 0 Å². The van der Waals surface area contributed by atoms with Crippen LogP contribution in [0.15, 0.2) is 30.3 Å². The topological polar surface area (TPSA) is 0 Å². The minimum Gasteiger partial charge on any atom is -0.0628 e. The van der Waals surface area contributed by atoms with E-state index in [-0.39, 0.29) is 0 Å². The first-order valence-corrected chi connectivity index (χ1v) is 7.14. The van der Waals surface area contributed by atoms with E-state index in [1.165, 1.54) is 44.1 Å². The zero-order valence-corrected chi connectivity index (χ0v) is 11.5. The number of unbranched alkanes of at least 4 members (excludes halogenated alkanes) is 5. The Morgan fingerprint density at radius 1 is 0.941 bits per heavy atom. The highest BCUT2D eigenvalue weighted by molar-refractivity contribution is 5.16. The minimum atomic E-state index is 0.875. The molecule has 0 amide bonds. The van der Waals surface area contributed by atoms with E-state index in [1.54, 1.807) is 0 Å². The third-order valence-electron chi connectivity index (χ3n) is 3.16. The maximum Gasteiger partial charge on any atom is -0.0248 e. The first kappa shape index (κ1) is 14.3. The van der Waals surface area contributed by atoms with Gasteiger partial charge in [0.15, 0.2) is 0 Å². The molecule has 0 aromatic heterocycles. The quantitative estimate of drug-likeness (QED) is 0.497. The maximum absolute atomic E-state index is 2.43. The van der Waals surface area contributed by atoms with Crippen LogP contribution in [0.2, 0.25) is 0 Å². The Morgan fingerprint density at radius 3 is 2.35 bits per heavy atom. The van der Waals surface area contributed by atoms with Crippen molar-refractivity contribution in [2.75, 3.05) is 0 Å². The molecule has 1 rings (SSSR count). The van der Waals surface area contributed by atoms with Crippen LogP contribution in [-0.4, -0.2) is 0 Å². The lowest BCUT2D eigenvalue weighted by molar-refractivity contribution is 0.519. The van der Waals surface area contributed by atoms with Gasteiger partial charge in [-0.1, -0.05) is 76.3 Å². The Balaban J connectivity index is 1.88. The first-order chi connectivity index (χ1) is 8.29. The molecule has 0 N–H and O–H groups in total. The van der Waals surface area contributed by atoms with Crippen LogP contribution in [0.5, 0.6) is 0 Å². The summed E-state index contributed by atoms with van der Waals surface area (Å²) in [6.45, 7) is 4.63. The molecule has 0 aliphatic carbocycles. The van der Waals surface area contributed by atoms with Crippen molar-refractivity contribution in [3.05, 3.63) is 42.3 Å². The lowest BCUT2D eigenvalue weighted by Crippen LogP contribution is -1.88. The fourth-order valence-corrected chi connectivity index (χ4v) is 2.08. The van der Waals surface area contributed by atoms with Gasteiger partial charge in [-0.3, -0.25) is 0 Å². The average Bonchev–Trinajstić information content (AvgIpc) is 2.33. The predicted molar refractivity (Wildman–Crippen MR) is 77.0 cm³/mol. The van der Waals surface area contributed by atoms with Gasteiger partial charge >= 0.3 is 0 Å². The fraction of sp³-hybridized carbons (Fsp3) is 0.588. The third kappa shape index (κ3) is 8.01. The van der Waals surface area contributed by atoms with Gasteiger partial charge in [0, 0.05) is 0 Å². The summed E-state index contributed by atoms with van der Waals surface area (Å²) in [6, 6.07) is 10.7. The fourth-order valence-electron chi connectivity index (χ4n) is 2.08. The van der Waals surface area contributed by atoms with E-state index in [9.17, 15) is 0 Å². The molecule has 1 aromatic rings. The molecule has 1 radical (unpaired) electrons. The Kier molecular flexibility index (Phi) is 7.79. The molecule has 0 atom stereocenters. The first-order valence-electron chi connectivity index (χ1n) is 7.14.